The highest BCUT2D eigenvalue weighted by Gasteiger charge is 2.08. The number of guanidine groups is 1. The second-order valence-corrected chi connectivity index (χ2v) is 6.69. The van der Waals surface area contributed by atoms with Crippen molar-refractivity contribution in [1.82, 2.24) is 15.5 Å². The van der Waals surface area contributed by atoms with Gasteiger partial charge in [-0.3, -0.25) is 9.79 Å². The van der Waals surface area contributed by atoms with Crippen LogP contribution >= 0.6 is 35.7 Å². The molecule has 1 amide bonds. The molecule has 148 valence electrons. The van der Waals surface area contributed by atoms with Crippen LogP contribution < -0.4 is 10.6 Å². The van der Waals surface area contributed by atoms with Gasteiger partial charge in [-0.25, -0.2) is 0 Å². The van der Waals surface area contributed by atoms with Gasteiger partial charge in [0.15, 0.2) is 5.96 Å². The predicted molar refractivity (Wildman–Crippen MR) is 124 cm³/mol. The SMILES string of the molecule is CCNC(=NCCCSc1ccccc1)NCCC(=O)N(CC)CC.I. The van der Waals surface area contributed by atoms with E-state index in [1.807, 2.05) is 43.5 Å². The van der Waals surface area contributed by atoms with E-state index in [4.69, 9.17) is 0 Å². The fourth-order valence-electron chi connectivity index (χ4n) is 2.33. The summed E-state index contributed by atoms with van der Waals surface area (Å²) in [5.74, 6) is 2.03. The lowest BCUT2D eigenvalue weighted by atomic mass is 10.3. The lowest BCUT2D eigenvalue weighted by Gasteiger charge is -2.19. The Hall–Kier alpha value is -0.960. The van der Waals surface area contributed by atoms with Gasteiger partial charge in [0.2, 0.25) is 5.91 Å². The summed E-state index contributed by atoms with van der Waals surface area (Å²) in [6, 6.07) is 10.4. The Labute approximate surface area is 179 Å². The van der Waals surface area contributed by atoms with Crippen LogP contribution in [0.15, 0.2) is 40.2 Å². The van der Waals surface area contributed by atoms with E-state index in [0.29, 0.717) is 13.0 Å². The number of benzene rings is 1. The number of hydrogen-bond donors (Lipinski definition) is 2. The number of hydrogen-bond acceptors (Lipinski definition) is 3. The zero-order valence-corrected chi connectivity index (χ0v) is 19.3. The van der Waals surface area contributed by atoms with E-state index in [1.165, 1.54) is 4.90 Å². The predicted octanol–water partition coefficient (Wildman–Crippen LogP) is 3.60. The molecule has 0 spiro atoms. The first-order valence-corrected chi connectivity index (χ1v) is 10.2. The first-order valence-electron chi connectivity index (χ1n) is 9.19. The number of thioether (sulfide) groups is 1. The molecule has 1 rings (SSSR count). The van der Waals surface area contributed by atoms with Gasteiger partial charge in [-0.15, -0.1) is 35.7 Å². The van der Waals surface area contributed by atoms with Crippen LogP contribution in [0.2, 0.25) is 0 Å². The van der Waals surface area contributed by atoms with Crippen molar-refractivity contribution in [3.8, 4) is 0 Å². The van der Waals surface area contributed by atoms with Crippen molar-refractivity contribution in [3.05, 3.63) is 30.3 Å². The molecule has 0 atom stereocenters. The zero-order valence-electron chi connectivity index (χ0n) is 16.2. The van der Waals surface area contributed by atoms with Crippen LogP contribution in [-0.2, 0) is 4.79 Å². The van der Waals surface area contributed by atoms with Gasteiger partial charge in [0.25, 0.3) is 0 Å². The summed E-state index contributed by atoms with van der Waals surface area (Å²) < 4.78 is 0. The summed E-state index contributed by atoms with van der Waals surface area (Å²) in [4.78, 5) is 19.7. The number of aliphatic imine (C=N–C) groups is 1. The van der Waals surface area contributed by atoms with E-state index in [9.17, 15) is 4.79 Å². The molecule has 2 N–H and O–H groups in total. The maximum absolute atomic E-state index is 12.0. The molecule has 26 heavy (non-hydrogen) atoms. The summed E-state index contributed by atoms with van der Waals surface area (Å²) in [6.07, 6.45) is 1.52. The molecule has 0 aliphatic carbocycles. The third kappa shape index (κ3) is 10.9. The van der Waals surface area contributed by atoms with Crippen molar-refractivity contribution in [2.24, 2.45) is 4.99 Å². The van der Waals surface area contributed by atoms with Gasteiger partial charge >= 0.3 is 0 Å². The quantitative estimate of drug-likeness (QED) is 0.163. The van der Waals surface area contributed by atoms with Crippen LogP contribution in [0.5, 0.6) is 0 Å². The lowest BCUT2D eigenvalue weighted by molar-refractivity contribution is -0.130. The summed E-state index contributed by atoms with van der Waals surface area (Å²) in [5.41, 5.74) is 0. The van der Waals surface area contributed by atoms with Crippen molar-refractivity contribution in [2.75, 3.05) is 38.5 Å². The van der Waals surface area contributed by atoms with Crippen molar-refractivity contribution in [2.45, 2.75) is 38.5 Å². The van der Waals surface area contributed by atoms with Crippen LogP contribution in [0.3, 0.4) is 0 Å². The highest BCUT2D eigenvalue weighted by Crippen LogP contribution is 2.17. The number of carbonyl (C=O) groups excluding carboxylic acids is 1. The van der Waals surface area contributed by atoms with E-state index in [1.54, 1.807) is 0 Å². The van der Waals surface area contributed by atoms with Gasteiger partial charge in [-0.2, -0.15) is 0 Å². The highest BCUT2D eigenvalue weighted by molar-refractivity contribution is 14.0. The molecule has 1 aromatic rings. The molecule has 0 bridgehead atoms. The maximum atomic E-state index is 12.0. The van der Waals surface area contributed by atoms with Crippen LogP contribution in [-0.4, -0.2) is 55.2 Å². The second-order valence-electron chi connectivity index (χ2n) is 5.52. The Morgan fingerprint density at radius 3 is 2.42 bits per heavy atom. The molecule has 0 aliphatic rings. The van der Waals surface area contributed by atoms with Crippen LogP contribution in [0.1, 0.15) is 33.6 Å². The summed E-state index contributed by atoms with van der Waals surface area (Å²) >= 11 is 1.86. The van der Waals surface area contributed by atoms with E-state index in [-0.39, 0.29) is 29.9 Å². The molecule has 5 nitrogen and oxygen atoms in total. The standard InChI is InChI=1S/C19H32N4OS.HI/c1-4-20-19(22-15-13-18(24)23(5-2)6-3)21-14-10-16-25-17-11-8-7-9-12-17;/h7-9,11-12H,4-6,10,13-16H2,1-3H3,(H2,20,21,22);1H. The summed E-state index contributed by atoms with van der Waals surface area (Å²) in [5, 5.41) is 6.48. The molecule has 0 saturated heterocycles. The number of carbonyl (C=O) groups is 1. The minimum absolute atomic E-state index is 0. The Kier molecular flexibility index (Phi) is 15.6. The number of nitrogens with one attached hydrogen (secondary N) is 2. The molecule has 7 heteroatoms. The summed E-state index contributed by atoms with van der Waals surface area (Å²) in [7, 11) is 0. The average Bonchev–Trinajstić information content (AvgIpc) is 2.63. The number of nitrogens with zero attached hydrogens (tertiary/aromatic N) is 2. The third-order valence-corrected chi connectivity index (χ3v) is 4.77. The first-order chi connectivity index (χ1) is 12.2. The van der Waals surface area contributed by atoms with E-state index in [0.717, 1.165) is 44.3 Å². The topological polar surface area (TPSA) is 56.7 Å². The number of rotatable bonds is 11. The van der Waals surface area contributed by atoms with Crippen molar-refractivity contribution >= 4 is 47.6 Å². The lowest BCUT2D eigenvalue weighted by Crippen LogP contribution is -2.40. The normalized spacial score (nSPS) is 10.8. The molecule has 0 unspecified atom stereocenters. The monoisotopic (exact) mass is 492 g/mol. The van der Waals surface area contributed by atoms with E-state index < -0.39 is 0 Å². The molecular weight excluding hydrogens is 459 g/mol. The fourth-order valence-corrected chi connectivity index (χ4v) is 3.18. The van der Waals surface area contributed by atoms with Gasteiger partial charge in [0.1, 0.15) is 0 Å². The minimum Gasteiger partial charge on any atom is -0.357 e. The van der Waals surface area contributed by atoms with Gasteiger partial charge in [0, 0.05) is 44.0 Å². The van der Waals surface area contributed by atoms with Gasteiger partial charge < -0.3 is 15.5 Å². The fraction of sp³-hybridized carbons (Fsp3) is 0.579. The number of amides is 1. The molecule has 0 saturated carbocycles. The Morgan fingerprint density at radius 1 is 1.12 bits per heavy atom. The molecular formula is C19H33IN4OS. The van der Waals surface area contributed by atoms with E-state index in [2.05, 4.69) is 39.9 Å². The Balaban J connectivity index is 0.00000625. The zero-order chi connectivity index (χ0) is 18.3. The Bertz CT molecular complexity index is 510. The van der Waals surface area contributed by atoms with Crippen molar-refractivity contribution in [3.63, 3.8) is 0 Å². The first kappa shape index (κ1) is 25.0. The highest BCUT2D eigenvalue weighted by atomic mass is 127. The average molecular weight is 492 g/mol. The summed E-state index contributed by atoms with van der Waals surface area (Å²) in [6.45, 7) is 9.80. The van der Waals surface area contributed by atoms with Gasteiger partial charge in [-0.05, 0) is 45.1 Å². The molecule has 0 radical (unpaired) electrons. The molecule has 0 aliphatic heterocycles. The molecule has 0 aromatic heterocycles. The van der Waals surface area contributed by atoms with E-state index >= 15 is 0 Å². The van der Waals surface area contributed by atoms with Crippen LogP contribution in [0.25, 0.3) is 0 Å². The molecule has 0 heterocycles. The van der Waals surface area contributed by atoms with Crippen molar-refractivity contribution < 1.29 is 4.79 Å². The number of halogens is 1. The molecule has 1 aromatic carbocycles. The van der Waals surface area contributed by atoms with Gasteiger partial charge in [0.05, 0.1) is 0 Å². The van der Waals surface area contributed by atoms with Crippen LogP contribution in [0.4, 0.5) is 0 Å². The van der Waals surface area contributed by atoms with Crippen LogP contribution in [0, 0.1) is 0 Å². The largest absolute Gasteiger partial charge is 0.357 e. The Morgan fingerprint density at radius 2 is 1.81 bits per heavy atom. The molecule has 0 fully saturated rings. The minimum atomic E-state index is 0. The maximum Gasteiger partial charge on any atom is 0.224 e. The second kappa shape index (κ2) is 16.2. The van der Waals surface area contributed by atoms with Crippen molar-refractivity contribution in [1.29, 1.82) is 0 Å². The third-order valence-electron chi connectivity index (χ3n) is 3.68. The smallest absolute Gasteiger partial charge is 0.224 e. The van der Waals surface area contributed by atoms with Gasteiger partial charge in [-0.1, -0.05) is 18.2 Å².